The van der Waals surface area contributed by atoms with Crippen molar-refractivity contribution in [1.29, 1.82) is 0 Å². The Morgan fingerprint density at radius 2 is 2.05 bits per heavy atom. The number of nitrogens with zero attached hydrogens (tertiary/aromatic N) is 3. The van der Waals surface area contributed by atoms with Crippen molar-refractivity contribution in [2.45, 2.75) is 39.2 Å². The molecule has 2 heterocycles. The van der Waals surface area contributed by atoms with Gasteiger partial charge in [-0.2, -0.15) is 0 Å². The van der Waals surface area contributed by atoms with Gasteiger partial charge in [-0.3, -0.25) is 4.79 Å². The van der Waals surface area contributed by atoms with Gasteiger partial charge in [0.2, 0.25) is 5.91 Å². The number of carbonyl (C=O) groups is 1. The molecule has 2 rings (SSSR count). The minimum atomic E-state index is 0.0668. The molecule has 1 aromatic heterocycles. The highest BCUT2D eigenvalue weighted by Crippen LogP contribution is 2.18. The third kappa shape index (κ3) is 3.82. The van der Waals surface area contributed by atoms with E-state index in [1.54, 1.807) is 0 Å². The number of likely N-dealkylation sites (tertiary alicyclic amines) is 1. The van der Waals surface area contributed by atoms with Gasteiger partial charge in [0.05, 0.1) is 17.4 Å². The first-order chi connectivity index (χ1) is 9.60. The standard InChI is InChI=1S/C14H20ClN3O2/c1-3-10(2)13(19)18-6-4-12(5-7-18)20-14-16-8-11(15)9-17-14/h8-10,12H,3-7H2,1-2H3. The molecular formula is C14H20ClN3O2. The van der Waals surface area contributed by atoms with Crippen LogP contribution in [0.3, 0.4) is 0 Å². The first-order valence-electron chi connectivity index (χ1n) is 7.03. The van der Waals surface area contributed by atoms with Crippen LogP contribution in [0.5, 0.6) is 6.01 Å². The number of ether oxygens (including phenoxy) is 1. The van der Waals surface area contributed by atoms with E-state index in [0.29, 0.717) is 11.0 Å². The average molecular weight is 298 g/mol. The lowest BCUT2D eigenvalue weighted by Crippen LogP contribution is -2.43. The van der Waals surface area contributed by atoms with Crippen molar-refractivity contribution < 1.29 is 9.53 Å². The number of rotatable bonds is 4. The lowest BCUT2D eigenvalue weighted by atomic mass is 10.0. The highest BCUT2D eigenvalue weighted by atomic mass is 35.5. The van der Waals surface area contributed by atoms with Crippen molar-refractivity contribution in [2.75, 3.05) is 13.1 Å². The molecule has 1 fully saturated rings. The molecule has 1 saturated heterocycles. The second kappa shape index (κ2) is 6.88. The van der Waals surface area contributed by atoms with E-state index in [2.05, 4.69) is 9.97 Å². The summed E-state index contributed by atoms with van der Waals surface area (Å²) in [6.07, 6.45) is 5.62. The molecule has 1 aliphatic heterocycles. The summed E-state index contributed by atoms with van der Waals surface area (Å²) in [6, 6.07) is 0.348. The summed E-state index contributed by atoms with van der Waals surface area (Å²) in [5, 5.41) is 0.492. The molecule has 0 N–H and O–H groups in total. The zero-order valence-electron chi connectivity index (χ0n) is 11.9. The fraction of sp³-hybridized carbons (Fsp3) is 0.643. The van der Waals surface area contributed by atoms with Crippen LogP contribution in [-0.4, -0.2) is 40.0 Å². The molecule has 1 unspecified atom stereocenters. The van der Waals surface area contributed by atoms with Crippen molar-refractivity contribution in [1.82, 2.24) is 14.9 Å². The molecule has 0 bridgehead atoms. The molecule has 1 amide bonds. The molecule has 0 spiro atoms. The maximum atomic E-state index is 12.1. The zero-order chi connectivity index (χ0) is 14.5. The number of hydrogen-bond acceptors (Lipinski definition) is 4. The van der Waals surface area contributed by atoms with Crippen LogP contribution in [0.1, 0.15) is 33.1 Å². The van der Waals surface area contributed by atoms with E-state index in [1.807, 2.05) is 18.7 Å². The van der Waals surface area contributed by atoms with Crippen LogP contribution >= 0.6 is 11.6 Å². The van der Waals surface area contributed by atoms with Crippen molar-refractivity contribution in [3.63, 3.8) is 0 Å². The number of amides is 1. The molecule has 110 valence electrons. The van der Waals surface area contributed by atoms with Gasteiger partial charge in [0.1, 0.15) is 6.10 Å². The first kappa shape index (κ1) is 15.0. The van der Waals surface area contributed by atoms with Crippen LogP contribution in [0.4, 0.5) is 0 Å². The number of hydrogen-bond donors (Lipinski definition) is 0. The molecule has 0 radical (unpaired) electrons. The second-order valence-corrected chi connectivity index (χ2v) is 5.57. The second-order valence-electron chi connectivity index (χ2n) is 5.14. The van der Waals surface area contributed by atoms with Gasteiger partial charge in [0.25, 0.3) is 0 Å². The highest BCUT2D eigenvalue weighted by molar-refractivity contribution is 6.30. The Kier molecular flexibility index (Phi) is 5.17. The molecule has 0 aliphatic carbocycles. The highest BCUT2D eigenvalue weighted by Gasteiger charge is 2.26. The lowest BCUT2D eigenvalue weighted by molar-refractivity contribution is -0.136. The predicted molar refractivity (Wildman–Crippen MR) is 76.7 cm³/mol. The van der Waals surface area contributed by atoms with E-state index in [0.717, 1.165) is 32.4 Å². The summed E-state index contributed by atoms with van der Waals surface area (Å²) in [6.45, 7) is 5.49. The monoisotopic (exact) mass is 297 g/mol. The number of halogens is 1. The summed E-state index contributed by atoms with van der Waals surface area (Å²) in [5.41, 5.74) is 0. The maximum Gasteiger partial charge on any atom is 0.316 e. The van der Waals surface area contributed by atoms with E-state index in [1.165, 1.54) is 12.4 Å². The predicted octanol–water partition coefficient (Wildman–Crippen LogP) is 2.55. The molecule has 5 nitrogen and oxygen atoms in total. The van der Waals surface area contributed by atoms with Gasteiger partial charge < -0.3 is 9.64 Å². The molecule has 1 aromatic rings. The minimum Gasteiger partial charge on any atom is -0.460 e. The van der Waals surface area contributed by atoms with Gasteiger partial charge in [-0.25, -0.2) is 9.97 Å². The summed E-state index contributed by atoms with van der Waals surface area (Å²) in [5.74, 6) is 0.348. The topological polar surface area (TPSA) is 55.3 Å². The van der Waals surface area contributed by atoms with Crippen molar-refractivity contribution in [3.8, 4) is 6.01 Å². The fourth-order valence-corrected chi connectivity index (χ4v) is 2.29. The average Bonchev–Trinajstić information content (AvgIpc) is 2.49. The Balaban J connectivity index is 1.82. The van der Waals surface area contributed by atoms with Gasteiger partial charge >= 0.3 is 6.01 Å². The Bertz CT molecular complexity index is 444. The van der Waals surface area contributed by atoms with Crippen LogP contribution in [0.25, 0.3) is 0 Å². The summed E-state index contributed by atoms with van der Waals surface area (Å²) < 4.78 is 5.71. The molecule has 0 aromatic carbocycles. The molecule has 1 atom stereocenters. The van der Waals surface area contributed by atoms with Gasteiger partial charge in [-0.1, -0.05) is 25.4 Å². The van der Waals surface area contributed by atoms with Crippen molar-refractivity contribution >= 4 is 17.5 Å². The summed E-state index contributed by atoms with van der Waals surface area (Å²) in [7, 11) is 0. The smallest absolute Gasteiger partial charge is 0.316 e. The third-order valence-electron chi connectivity index (χ3n) is 3.66. The Morgan fingerprint density at radius 1 is 1.45 bits per heavy atom. The van der Waals surface area contributed by atoms with Crippen LogP contribution in [0, 0.1) is 5.92 Å². The first-order valence-corrected chi connectivity index (χ1v) is 7.41. The van der Waals surface area contributed by atoms with E-state index >= 15 is 0 Å². The Labute approximate surface area is 124 Å². The Morgan fingerprint density at radius 3 is 2.60 bits per heavy atom. The number of piperidine rings is 1. The largest absolute Gasteiger partial charge is 0.460 e. The van der Waals surface area contributed by atoms with Gasteiger partial charge in [0.15, 0.2) is 0 Å². The van der Waals surface area contributed by atoms with Crippen LogP contribution in [0.15, 0.2) is 12.4 Å². The zero-order valence-corrected chi connectivity index (χ0v) is 12.6. The quantitative estimate of drug-likeness (QED) is 0.857. The number of aromatic nitrogens is 2. The van der Waals surface area contributed by atoms with Crippen molar-refractivity contribution in [3.05, 3.63) is 17.4 Å². The van der Waals surface area contributed by atoms with Crippen LogP contribution in [0.2, 0.25) is 5.02 Å². The van der Waals surface area contributed by atoms with E-state index < -0.39 is 0 Å². The van der Waals surface area contributed by atoms with E-state index in [9.17, 15) is 4.79 Å². The summed E-state index contributed by atoms with van der Waals surface area (Å²) >= 11 is 5.73. The van der Waals surface area contributed by atoms with Gasteiger partial charge in [-0.05, 0) is 6.42 Å². The third-order valence-corrected chi connectivity index (χ3v) is 3.85. The minimum absolute atomic E-state index is 0.0668. The molecular weight excluding hydrogens is 278 g/mol. The van der Waals surface area contributed by atoms with E-state index in [4.69, 9.17) is 16.3 Å². The van der Waals surface area contributed by atoms with E-state index in [-0.39, 0.29) is 17.9 Å². The molecule has 0 saturated carbocycles. The van der Waals surface area contributed by atoms with Crippen LogP contribution < -0.4 is 4.74 Å². The van der Waals surface area contributed by atoms with Gasteiger partial charge in [0, 0.05) is 31.8 Å². The van der Waals surface area contributed by atoms with Gasteiger partial charge in [-0.15, -0.1) is 0 Å². The lowest BCUT2D eigenvalue weighted by Gasteiger charge is -2.33. The van der Waals surface area contributed by atoms with Crippen molar-refractivity contribution in [2.24, 2.45) is 5.92 Å². The molecule has 20 heavy (non-hydrogen) atoms. The molecule has 1 aliphatic rings. The Hall–Kier alpha value is -1.36. The fourth-order valence-electron chi connectivity index (χ4n) is 2.19. The number of carbonyl (C=O) groups excluding carboxylic acids is 1. The van der Waals surface area contributed by atoms with Crippen LogP contribution in [-0.2, 0) is 4.79 Å². The summed E-state index contributed by atoms with van der Waals surface area (Å²) in [4.78, 5) is 22.0. The molecule has 6 heteroatoms. The normalized spacial score (nSPS) is 17.9. The maximum absolute atomic E-state index is 12.1. The SMILES string of the molecule is CCC(C)C(=O)N1CCC(Oc2ncc(Cl)cn2)CC1.